The van der Waals surface area contributed by atoms with Crippen molar-refractivity contribution in [2.75, 3.05) is 7.11 Å². The second-order valence-electron chi connectivity index (χ2n) is 8.22. The number of hydrogen-bond acceptors (Lipinski definition) is 6. The van der Waals surface area contributed by atoms with Gasteiger partial charge in [-0.05, 0) is 38.8 Å². The molecule has 0 amide bonds. The average Bonchev–Trinajstić information content (AvgIpc) is 3.17. The van der Waals surface area contributed by atoms with Crippen molar-refractivity contribution in [2.24, 2.45) is 10.7 Å². The molecule has 0 atom stereocenters. The van der Waals surface area contributed by atoms with Gasteiger partial charge in [-0.1, -0.05) is 6.07 Å². The number of aliphatic hydroxyl groups is 1. The van der Waals surface area contributed by atoms with Gasteiger partial charge in [-0.15, -0.1) is 0 Å². The van der Waals surface area contributed by atoms with Crippen molar-refractivity contribution in [3.63, 3.8) is 0 Å². The van der Waals surface area contributed by atoms with Gasteiger partial charge in [0, 0.05) is 35.4 Å². The fourth-order valence-corrected chi connectivity index (χ4v) is 3.78. The van der Waals surface area contributed by atoms with Crippen molar-refractivity contribution >= 4 is 12.0 Å². The number of methoxy groups -OCH3 is 1. The molecule has 4 N–H and O–H groups in total. The summed E-state index contributed by atoms with van der Waals surface area (Å²) >= 11 is 0. The van der Waals surface area contributed by atoms with Crippen LogP contribution in [0.5, 0.6) is 5.75 Å². The molecular formula is C22H25FN6O2. The zero-order valence-corrected chi connectivity index (χ0v) is 17.6. The fraction of sp³-hybridized carbons (Fsp3) is 0.364. The molecule has 0 saturated heterocycles. The first-order chi connectivity index (χ1) is 14.8. The topological polar surface area (TPSA) is 122 Å². The Morgan fingerprint density at radius 3 is 2.68 bits per heavy atom. The Morgan fingerprint density at radius 1 is 1.29 bits per heavy atom. The van der Waals surface area contributed by atoms with E-state index in [0.29, 0.717) is 23.0 Å². The first kappa shape index (κ1) is 20.9. The Labute approximate surface area is 179 Å². The van der Waals surface area contributed by atoms with Crippen LogP contribution in [-0.2, 0) is 5.60 Å². The SMILES string of the molecule is COc1cc(F)cc(-c2n[nH]c(C3CC(c4ccc(C(C)(C)O)cn4)C3)n2)c1N=CN. The first-order valence-corrected chi connectivity index (χ1v) is 10.0. The second kappa shape index (κ2) is 8.07. The van der Waals surface area contributed by atoms with E-state index in [9.17, 15) is 9.50 Å². The monoisotopic (exact) mass is 424 g/mol. The maximum atomic E-state index is 14.1. The fourth-order valence-electron chi connectivity index (χ4n) is 3.78. The van der Waals surface area contributed by atoms with Gasteiger partial charge < -0.3 is 15.6 Å². The van der Waals surface area contributed by atoms with E-state index in [4.69, 9.17) is 10.5 Å². The molecule has 0 unspecified atom stereocenters. The van der Waals surface area contributed by atoms with Gasteiger partial charge in [-0.25, -0.2) is 14.4 Å². The Bertz CT molecular complexity index is 1100. The summed E-state index contributed by atoms with van der Waals surface area (Å²) in [5, 5.41) is 17.3. The number of pyridine rings is 1. The number of benzene rings is 1. The maximum absolute atomic E-state index is 14.1. The molecule has 1 aliphatic rings. The zero-order valence-electron chi connectivity index (χ0n) is 17.6. The largest absolute Gasteiger partial charge is 0.494 e. The van der Waals surface area contributed by atoms with Crippen LogP contribution in [0.3, 0.4) is 0 Å². The van der Waals surface area contributed by atoms with Crippen molar-refractivity contribution in [3.05, 3.63) is 53.4 Å². The highest BCUT2D eigenvalue weighted by molar-refractivity contribution is 5.79. The molecule has 1 fully saturated rings. The number of hydrogen-bond donors (Lipinski definition) is 3. The summed E-state index contributed by atoms with van der Waals surface area (Å²) < 4.78 is 19.3. The highest BCUT2D eigenvalue weighted by Gasteiger charge is 2.35. The quantitative estimate of drug-likeness (QED) is 0.411. The molecule has 9 heteroatoms. The Kier molecular flexibility index (Phi) is 5.45. The van der Waals surface area contributed by atoms with Crippen LogP contribution >= 0.6 is 0 Å². The predicted molar refractivity (Wildman–Crippen MR) is 115 cm³/mol. The first-order valence-electron chi connectivity index (χ1n) is 10.0. The molecule has 1 saturated carbocycles. The molecule has 2 heterocycles. The van der Waals surface area contributed by atoms with Crippen LogP contribution in [0.25, 0.3) is 11.4 Å². The Hall–Kier alpha value is -3.33. The molecule has 162 valence electrons. The van der Waals surface area contributed by atoms with Gasteiger partial charge in [0.15, 0.2) is 5.82 Å². The number of rotatable bonds is 6. The van der Waals surface area contributed by atoms with E-state index in [-0.39, 0.29) is 11.7 Å². The van der Waals surface area contributed by atoms with Gasteiger partial charge in [0.05, 0.1) is 24.6 Å². The van der Waals surface area contributed by atoms with Gasteiger partial charge in [0.2, 0.25) is 0 Å². The van der Waals surface area contributed by atoms with Gasteiger partial charge in [-0.3, -0.25) is 10.1 Å². The lowest BCUT2D eigenvalue weighted by atomic mass is 9.72. The predicted octanol–water partition coefficient (Wildman–Crippen LogP) is 3.52. The van der Waals surface area contributed by atoms with Crippen molar-refractivity contribution in [3.8, 4) is 17.1 Å². The number of nitrogens with two attached hydrogens (primary N) is 1. The molecule has 0 radical (unpaired) electrons. The Morgan fingerprint density at radius 2 is 2.06 bits per heavy atom. The number of halogens is 1. The highest BCUT2D eigenvalue weighted by Crippen LogP contribution is 2.46. The molecule has 0 aliphatic heterocycles. The molecule has 4 rings (SSSR count). The van der Waals surface area contributed by atoms with Crippen molar-refractivity contribution < 1.29 is 14.2 Å². The minimum atomic E-state index is -0.906. The lowest BCUT2D eigenvalue weighted by Crippen LogP contribution is -2.22. The smallest absolute Gasteiger partial charge is 0.183 e. The lowest BCUT2D eigenvalue weighted by molar-refractivity contribution is 0.0781. The maximum Gasteiger partial charge on any atom is 0.183 e. The molecule has 2 aromatic heterocycles. The van der Waals surface area contributed by atoms with Crippen LogP contribution in [0.15, 0.2) is 35.5 Å². The molecule has 1 aromatic carbocycles. The number of aromatic nitrogens is 4. The van der Waals surface area contributed by atoms with E-state index in [2.05, 4.69) is 25.2 Å². The summed E-state index contributed by atoms with van der Waals surface area (Å²) in [5.41, 5.74) is 7.10. The van der Waals surface area contributed by atoms with Crippen LogP contribution in [0, 0.1) is 5.82 Å². The molecule has 1 aliphatic carbocycles. The third-order valence-corrected chi connectivity index (χ3v) is 5.64. The van der Waals surface area contributed by atoms with E-state index >= 15 is 0 Å². The average molecular weight is 424 g/mol. The number of ether oxygens (including phenoxy) is 1. The molecule has 31 heavy (non-hydrogen) atoms. The van der Waals surface area contributed by atoms with Crippen LogP contribution in [0.4, 0.5) is 10.1 Å². The minimum absolute atomic E-state index is 0.207. The summed E-state index contributed by atoms with van der Waals surface area (Å²) in [6, 6.07) is 6.44. The van der Waals surface area contributed by atoms with Gasteiger partial charge in [0.1, 0.15) is 23.1 Å². The van der Waals surface area contributed by atoms with Crippen LogP contribution in [0.2, 0.25) is 0 Å². The summed E-state index contributed by atoms with van der Waals surface area (Å²) in [7, 11) is 1.44. The van der Waals surface area contributed by atoms with E-state index < -0.39 is 11.4 Å². The molecule has 3 aromatic rings. The standard InChI is InChI=1S/C22H25FN6O2/c1-22(2,30)14-4-5-17(25-10-14)12-6-13(7-12)20-27-21(29-28-20)16-8-15(23)9-18(31-3)19(16)26-11-24/h4-5,8-13,30H,6-7H2,1-3H3,(H2,24,26)(H,27,28,29). The number of nitrogens with one attached hydrogen (secondary N) is 1. The van der Waals surface area contributed by atoms with Gasteiger partial charge in [-0.2, -0.15) is 5.10 Å². The summed E-state index contributed by atoms with van der Waals surface area (Å²) in [4.78, 5) is 13.2. The number of nitrogens with zero attached hydrogens (tertiary/aromatic N) is 4. The number of aliphatic imine (C=N–C) groups is 1. The Balaban J connectivity index is 1.51. The van der Waals surface area contributed by atoms with Crippen molar-refractivity contribution in [1.29, 1.82) is 0 Å². The third kappa shape index (κ3) is 4.13. The number of aromatic amines is 1. The summed E-state index contributed by atoms with van der Waals surface area (Å²) in [5.74, 6) is 1.39. The lowest BCUT2D eigenvalue weighted by Gasteiger charge is -2.33. The van der Waals surface area contributed by atoms with E-state index in [1.54, 1.807) is 20.0 Å². The van der Waals surface area contributed by atoms with Gasteiger partial charge >= 0.3 is 0 Å². The second-order valence-corrected chi connectivity index (χ2v) is 8.22. The van der Waals surface area contributed by atoms with Crippen LogP contribution < -0.4 is 10.5 Å². The van der Waals surface area contributed by atoms with Crippen LogP contribution in [0.1, 0.15) is 55.6 Å². The minimum Gasteiger partial charge on any atom is -0.494 e. The van der Waals surface area contributed by atoms with E-state index in [1.807, 2.05) is 12.1 Å². The molecule has 0 spiro atoms. The number of H-pyrrole nitrogens is 1. The summed E-state index contributed by atoms with van der Waals surface area (Å²) in [6.07, 6.45) is 4.61. The third-order valence-electron chi connectivity index (χ3n) is 5.64. The van der Waals surface area contributed by atoms with Crippen LogP contribution in [-0.4, -0.2) is 38.7 Å². The van der Waals surface area contributed by atoms with Gasteiger partial charge in [0.25, 0.3) is 0 Å². The molecule has 8 nitrogen and oxygen atoms in total. The zero-order chi connectivity index (χ0) is 22.2. The summed E-state index contributed by atoms with van der Waals surface area (Å²) in [6.45, 7) is 3.48. The van der Waals surface area contributed by atoms with E-state index in [1.165, 1.54) is 19.2 Å². The van der Waals surface area contributed by atoms with E-state index in [0.717, 1.165) is 36.3 Å². The molecular weight excluding hydrogens is 399 g/mol. The molecule has 0 bridgehead atoms. The van der Waals surface area contributed by atoms with Crippen molar-refractivity contribution in [1.82, 2.24) is 20.2 Å². The normalized spacial score (nSPS) is 18.9. The highest BCUT2D eigenvalue weighted by atomic mass is 19.1. The van der Waals surface area contributed by atoms with Crippen molar-refractivity contribution in [2.45, 2.75) is 44.1 Å².